The van der Waals surface area contributed by atoms with E-state index in [0.29, 0.717) is 0 Å². The van der Waals surface area contributed by atoms with Gasteiger partial charge in [-0.2, -0.15) is 0 Å². The number of aliphatic imine (C=N–C) groups is 2. The maximum absolute atomic E-state index is 4.09. The van der Waals surface area contributed by atoms with Gasteiger partial charge in [-0.15, -0.1) is 0 Å². The highest BCUT2D eigenvalue weighted by molar-refractivity contribution is 7.61. The molecule has 0 aromatic heterocycles. The quantitative estimate of drug-likeness (QED) is 0.287. The van der Waals surface area contributed by atoms with Gasteiger partial charge in [0.1, 0.15) is 6.34 Å². The summed E-state index contributed by atoms with van der Waals surface area (Å²) in [5.74, 6) is 0. The molecule has 3 heteroatoms. The molecule has 0 spiro atoms. The largest absolute Gasteiger partial charge is 0.277 e. The van der Waals surface area contributed by atoms with Gasteiger partial charge in [0.05, 0.1) is 0 Å². The van der Waals surface area contributed by atoms with Crippen LogP contribution in [0.3, 0.4) is 0 Å². The Labute approximate surface area is 50.9 Å². The van der Waals surface area contributed by atoms with Crippen LogP contribution in [0, 0.1) is 0 Å². The molecule has 0 aromatic carbocycles. The SMILES string of the molecule is C/N=C\N=C1/CCP1. The van der Waals surface area contributed by atoms with Crippen molar-refractivity contribution >= 4 is 20.4 Å². The van der Waals surface area contributed by atoms with Gasteiger partial charge < -0.3 is 0 Å². The molecule has 8 heavy (non-hydrogen) atoms. The first-order valence-electron chi connectivity index (χ1n) is 2.64. The summed E-state index contributed by atoms with van der Waals surface area (Å²) in [4.78, 5) is 7.83. The molecule has 1 fully saturated rings. The van der Waals surface area contributed by atoms with Gasteiger partial charge >= 0.3 is 0 Å². The van der Waals surface area contributed by atoms with Crippen LogP contribution < -0.4 is 0 Å². The maximum Gasteiger partial charge on any atom is 0.109 e. The first-order valence-corrected chi connectivity index (χ1v) is 3.85. The first-order chi connectivity index (χ1) is 3.93. The Kier molecular flexibility index (Phi) is 2.16. The van der Waals surface area contributed by atoms with E-state index in [1.54, 1.807) is 13.4 Å². The molecule has 44 valence electrons. The molecule has 0 amide bonds. The zero-order valence-electron chi connectivity index (χ0n) is 4.89. The number of rotatable bonds is 1. The summed E-state index contributed by atoms with van der Waals surface area (Å²) in [5.41, 5.74) is 1.33. The molecule has 1 aliphatic rings. The lowest BCUT2D eigenvalue weighted by atomic mass is 10.5. The average Bonchev–Trinajstić information content (AvgIpc) is 1.63. The molecule has 0 bridgehead atoms. The molecule has 0 radical (unpaired) electrons. The molecule has 1 aliphatic heterocycles. The summed E-state index contributed by atoms with van der Waals surface area (Å²) in [6.45, 7) is 0. The van der Waals surface area contributed by atoms with Crippen LogP contribution in [-0.4, -0.2) is 25.0 Å². The minimum absolute atomic E-state index is 0.981. The minimum Gasteiger partial charge on any atom is -0.277 e. The standard InChI is InChI=1S/C5H9N2P/c1-6-4-7-5-2-3-8-5/h4,8H,2-3H2,1H3/b6-4-,7-5+. The van der Waals surface area contributed by atoms with Gasteiger partial charge in [0.25, 0.3) is 0 Å². The highest BCUT2D eigenvalue weighted by Crippen LogP contribution is 2.27. The molecule has 1 atom stereocenters. The number of hydrogen-bond donors (Lipinski definition) is 0. The van der Waals surface area contributed by atoms with E-state index in [1.807, 2.05) is 0 Å². The molecule has 1 unspecified atom stereocenters. The fourth-order valence-electron chi connectivity index (χ4n) is 0.474. The van der Waals surface area contributed by atoms with Crippen molar-refractivity contribution in [1.82, 2.24) is 0 Å². The van der Waals surface area contributed by atoms with Crippen molar-refractivity contribution in [3.63, 3.8) is 0 Å². The van der Waals surface area contributed by atoms with Crippen LogP contribution in [0.2, 0.25) is 0 Å². The van der Waals surface area contributed by atoms with Crippen LogP contribution in [0.1, 0.15) is 6.42 Å². The van der Waals surface area contributed by atoms with Crippen LogP contribution in [0.5, 0.6) is 0 Å². The summed E-state index contributed by atoms with van der Waals surface area (Å²) in [7, 11) is 2.72. The molecule has 1 heterocycles. The van der Waals surface area contributed by atoms with E-state index in [-0.39, 0.29) is 0 Å². The summed E-state index contributed by atoms with van der Waals surface area (Å²) < 4.78 is 0. The van der Waals surface area contributed by atoms with Crippen molar-refractivity contribution in [3.05, 3.63) is 0 Å². The van der Waals surface area contributed by atoms with Crippen molar-refractivity contribution < 1.29 is 0 Å². The Morgan fingerprint density at radius 2 is 2.50 bits per heavy atom. The van der Waals surface area contributed by atoms with E-state index < -0.39 is 0 Å². The fourth-order valence-corrected chi connectivity index (χ4v) is 1.10. The van der Waals surface area contributed by atoms with E-state index in [1.165, 1.54) is 18.0 Å². The Morgan fingerprint density at radius 1 is 1.75 bits per heavy atom. The number of nitrogens with zero attached hydrogens (tertiary/aromatic N) is 2. The van der Waals surface area contributed by atoms with Crippen LogP contribution >= 0.6 is 8.58 Å². The fraction of sp³-hybridized carbons (Fsp3) is 0.600. The predicted molar refractivity (Wildman–Crippen MR) is 39.7 cm³/mol. The molecule has 1 rings (SSSR count). The Hall–Kier alpha value is -0.230. The zero-order valence-corrected chi connectivity index (χ0v) is 5.89. The van der Waals surface area contributed by atoms with E-state index >= 15 is 0 Å². The average molecular weight is 128 g/mol. The van der Waals surface area contributed by atoms with E-state index in [4.69, 9.17) is 0 Å². The molecular formula is C5H9N2P. The molecular weight excluding hydrogens is 119 g/mol. The zero-order chi connectivity index (χ0) is 5.82. The van der Waals surface area contributed by atoms with Gasteiger partial charge in [-0.25, -0.2) is 4.99 Å². The monoisotopic (exact) mass is 128 g/mol. The van der Waals surface area contributed by atoms with Gasteiger partial charge in [-0.05, 0) is 12.6 Å². The summed E-state index contributed by atoms with van der Waals surface area (Å²) >= 11 is 0. The third-order valence-corrected chi connectivity index (χ3v) is 2.31. The second-order valence-electron chi connectivity index (χ2n) is 1.63. The lowest BCUT2D eigenvalue weighted by Gasteiger charge is -2.12. The molecule has 2 nitrogen and oxygen atoms in total. The summed E-state index contributed by atoms with van der Waals surface area (Å²) in [6.07, 6.45) is 4.17. The van der Waals surface area contributed by atoms with Gasteiger partial charge in [-0.1, -0.05) is 8.58 Å². The molecule has 1 saturated heterocycles. The van der Waals surface area contributed by atoms with Crippen LogP contribution in [0.15, 0.2) is 9.98 Å². The van der Waals surface area contributed by atoms with Crippen LogP contribution in [-0.2, 0) is 0 Å². The molecule has 0 aromatic rings. The van der Waals surface area contributed by atoms with Crippen LogP contribution in [0.25, 0.3) is 0 Å². The predicted octanol–water partition coefficient (Wildman–Crippen LogP) is 1.13. The molecule has 0 aliphatic carbocycles. The van der Waals surface area contributed by atoms with Crippen molar-refractivity contribution in [1.29, 1.82) is 0 Å². The minimum atomic E-state index is 0.981. The Bertz CT molecular complexity index is 122. The van der Waals surface area contributed by atoms with Crippen molar-refractivity contribution in [2.45, 2.75) is 6.42 Å². The molecule has 0 N–H and O–H groups in total. The van der Waals surface area contributed by atoms with Gasteiger partial charge in [0, 0.05) is 12.5 Å². The van der Waals surface area contributed by atoms with Crippen molar-refractivity contribution in [2.24, 2.45) is 9.98 Å². The first kappa shape index (κ1) is 5.90. The van der Waals surface area contributed by atoms with Gasteiger partial charge in [0.2, 0.25) is 0 Å². The Morgan fingerprint density at radius 3 is 2.88 bits per heavy atom. The summed E-state index contributed by atoms with van der Waals surface area (Å²) in [5, 5.41) is 0. The number of hydrogen-bond acceptors (Lipinski definition) is 1. The lowest BCUT2D eigenvalue weighted by molar-refractivity contribution is 1.28. The third kappa shape index (κ3) is 1.38. The highest BCUT2D eigenvalue weighted by atomic mass is 31.1. The maximum atomic E-state index is 4.09. The normalized spacial score (nSPS) is 27.4. The van der Waals surface area contributed by atoms with E-state index in [2.05, 4.69) is 9.98 Å². The van der Waals surface area contributed by atoms with Gasteiger partial charge in [0.15, 0.2) is 0 Å². The van der Waals surface area contributed by atoms with Crippen molar-refractivity contribution in [3.8, 4) is 0 Å². The molecule has 0 saturated carbocycles. The highest BCUT2D eigenvalue weighted by Gasteiger charge is 2.07. The second kappa shape index (κ2) is 2.93. The van der Waals surface area contributed by atoms with Gasteiger partial charge in [-0.3, -0.25) is 4.99 Å². The van der Waals surface area contributed by atoms with Crippen LogP contribution in [0.4, 0.5) is 0 Å². The lowest BCUT2D eigenvalue weighted by Crippen LogP contribution is -2.03. The third-order valence-electron chi connectivity index (χ3n) is 1.02. The second-order valence-corrected chi connectivity index (χ2v) is 3.06. The van der Waals surface area contributed by atoms with E-state index in [9.17, 15) is 0 Å². The topological polar surface area (TPSA) is 24.7 Å². The smallest absolute Gasteiger partial charge is 0.109 e. The summed E-state index contributed by atoms with van der Waals surface area (Å²) in [6, 6.07) is 0. The van der Waals surface area contributed by atoms with E-state index in [0.717, 1.165) is 8.58 Å². The Balaban J connectivity index is 2.31. The van der Waals surface area contributed by atoms with Crippen molar-refractivity contribution in [2.75, 3.05) is 13.2 Å².